The first-order valence-corrected chi connectivity index (χ1v) is 6.14. The van der Waals surface area contributed by atoms with Gasteiger partial charge in [0.25, 0.3) is 0 Å². The summed E-state index contributed by atoms with van der Waals surface area (Å²) < 4.78 is 0.964. The number of aryl methyl sites for hydroxylation is 1. The number of hydrogen-bond acceptors (Lipinski definition) is 2. The van der Waals surface area contributed by atoms with E-state index in [1.807, 2.05) is 25.1 Å². The number of carbonyl (C=O) groups excluding carboxylic acids is 1. The molecule has 3 nitrogen and oxygen atoms in total. The predicted molar refractivity (Wildman–Crippen MR) is 68.2 cm³/mol. The summed E-state index contributed by atoms with van der Waals surface area (Å²) in [7, 11) is 0. The van der Waals surface area contributed by atoms with E-state index in [1.54, 1.807) is 0 Å². The third-order valence-electron chi connectivity index (χ3n) is 3.17. The summed E-state index contributed by atoms with van der Waals surface area (Å²) in [6.07, 6.45) is 1.81. The van der Waals surface area contributed by atoms with E-state index in [9.17, 15) is 4.79 Å². The van der Waals surface area contributed by atoms with Crippen LogP contribution in [-0.4, -0.2) is 12.5 Å². The molecule has 1 saturated carbocycles. The molecule has 4 heteroatoms. The number of anilines is 1. The second-order valence-electron chi connectivity index (χ2n) is 4.40. The van der Waals surface area contributed by atoms with Crippen LogP contribution in [0.5, 0.6) is 0 Å². The van der Waals surface area contributed by atoms with E-state index in [2.05, 4.69) is 21.2 Å². The molecule has 1 aliphatic rings. The third-order valence-corrected chi connectivity index (χ3v) is 3.67. The van der Waals surface area contributed by atoms with Crippen LogP contribution in [0.2, 0.25) is 0 Å². The lowest BCUT2D eigenvalue weighted by Gasteiger charge is -2.14. The minimum atomic E-state index is -0.297. The van der Waals surface area contributed by atoms with Gasteiger partial charge in [-0.3, -0.25) is 4.79 Å². The van der Waals surface area contributed by atoms with E-state index in [4.69, 9.17) is 5.73 Å². The molecular weight excluding hydrogens is 268 g/mol. The zero-order chi connectivity index (χ0) is 11.8. The normalized spacial score (nSPS) is 16.9. The highest BCUT2D eigenvalue weighted by atomic mass is 79.9. The average molecular weight is 283 g/mol. The van der Waals surface area contributed by atoms with Crippen molar-refractivity contribution in [3.63, 3.8) is 0 Å². The van der Waals surface area contributed by atoms with Crippen molar-refractivity contribution >= 4 is 27.5 Å². The lowest BCUT2D eigenvalue weighted by molar-refractivity contribution is -0.120. The molecule has 0 aromatic heterocycles. The van der Waals surface area contributed by atoms with Crippen LogP contribution in [0.4, 0.5) is 5.69 Å². The third kappa shape index (κ3) is 2.13. The number of benzene rings is 1. The van der Waals surface area contributed by atoms with E-state index in [1.165, 1.54) is 0 Å². The molecule has 1 amide bonds. The minimum absolute atomic E-state index is 0.0520. The zero-order valence-electron chi connectivity index (χ0n) is 9.22. The number of amides is 1. The van der Waals surface area contributed by atoms with Gasteiger partial charge in [-0.05, 0) is 37.5 Å². The number of nitrogens with one attached hydrogen (secondary N) is 1. The molecule has 0 radical (unpaired) electrons. The highest BCUT2D eigenvalue weighted by Crippen LogP contribution is 2.45. The molecule has 0 spiro atoms. The molecule has 0 heterocycles. The first kappa shape index (κ1) is 11.6. The zero-order valence-corrected chi connectivity index (χ0v) is 10.8. The molecule has 3 N–H and O–H groups in total. The Morgan fingerprint density at radius 3 is 2.81 bits per heavy atom. The van der Waals surface area contributed by atoms with E-state index in [-0.39, 0.29) is 11.3 Å². The van der Waals surface area contributed by atoms with Gasteiger partial charge in [0.1, 0.15) is 0 Å². The van der Waals surface area contributed by atoms with Crippen molar-refractivity contribution in [1.82, 2.24) is 0 Å². The Morgan fingerprint density at radius 1 is 1.56 bits per heavy atom. The topological polar surface area (TPSA) is 55.1 Å². The van der Waals surface area contributed by atoms with E-state index in [0.717, 1.165) is 28.6 Å². The lowest BCUT2D eigenvalue weighted by Crippen LogP contribution is -2.31. The van der Waals surface area contributed by atoms with Gasteiger partial charge in [-0.15, -0.1) is 0 Å². The Balaban J connectivity index is 2.15. The second kappa shape index (κ2) is 4.18. The predicted octanol–water partition coefficient (Wildman–Crippen LogP) is 2.43. The summed E-state index contributed by atoms with van der Waals surface area (Å²) in [5, 5.41) is 2.96. The SMILES string of the molecule is Cc1ccc(Br)cc1NC(=O)C1(CN)CC1. The Hall–Kier alpha value is -0.870. The Morgan fingerprint density at radius 2 is 2.25 bits per heavy atom. The summed E-state index contributed by atoms with van der Waals surface area (Å²) in [6.45, 7) is 2.41. The largest absolute Gasteiger partial charge is 0.329 e. The van der Waals surface area contributed by atoms with Gasteiger partial charge in [0.2, 0.25) is 5.91 Å². The second-order valence-corrected chi connectivity index (χ2v) is 5.31. The van der Waals surface area contributed by atoms with E-state index < -0.39 is 0 Å². The van der Waals surface area contributed by atoms with Crippen LogP contribution in [0.3, 0.4) is 0 Å². The molecule has 0 atom stereocenters. The molecule has 0 bridgehead atoms. The van der Waals surface area contributed by atoms with Crippen LogP contribution in [0.25, 0.3) is 0 Å². The maximum absolute atomic E-state index is 12.0. The van der Waals surface area contributed by atoms with Gasteiger partial charge in [-0.1, -0.05) is 22.0 Å². The van der Waals surface area contributed by atoms with Crippen LogP contribution in [0, 0.1) is 12.3 Å². The number of halogens is 1. The van der Waals surface area contributed by atoms with Crippen molar-refractivity contribution in [3.8, 4) is 0 Å². The molecule has 1 aliphatic carbocycles. The molecule has 1 fully saturated rings. The monoisotopic (exact) mass is 282 g/mol. The van der Waals surface area contributed by atoms with Crippen LogP contribution in [0.1, 0.15) is 18.4 Å². The van der Waals surface area contributed by atoms with Gasteiger partial charge < -0.3 is 11.1 Å². The van der Waals surface area contributed by atoms with Crippen molar-refractivity contribution in [2.75, 3.05) is 11.9 Å². The number of hydrogen-bond donors (Lipinski definition) is 2. The Kier molecular flexibility index (Phi) is 3.04. The highest BCUT2D eigenvalue weighted by molar-refractivity contribution is 9.10. The summed E-state index contributed by atoms with van der Waals surface area (Å²) in [4.78, 5) is 12.0. The molecule has 16 heavy (non-hydrogen) atoms. The molecule has 0 aliphatic heterocycles. The van der Waals surface area contributed by atoms with Crippen LogP contribution in [-0.2, 0) is 4.79 Å². The van der Waals surface area contributed by atoms with Crippen molar-refractivity contribution in [2.24, 2.45) is 11.1 Å². The molecular formula is C12H15BrN2O. The molecule has 1 aromatic rings. The van der Waals surface area contributed by atoms with E-state index >= 15 is 0 Å². The standard InChI is InChI=1S/C12H15BrN2O/c1-8-2-3-9(13)6-10(8)15-11(16)12(7-14)4-5-12/h2-3,6H,4-5,7,14H2,1H3,(H,15,16). The summed E-state index contributed by atoms with van der Waals surface area (Å²) in [5.41, 5.74) is 7.24. The van der Waals surface area contributed by atoms with Gasteiger partial charge in [0.05, 0.1) is 5.41 Å². The Labute approximate surface area is 104 Å². The molecule has 1 aromatic carbocycles. The van der Waals surface area contributed by atoms with Gasteiger partial charge in [-0.25, -0.2) is 0 Å². The van der Waals surface area contributed by atoms with Crippen LogP contribution >= 0.6 is 15.9 Å². The first-order chi connectivity index (χ1) is 7.57. The molecule has 2 rings (SSSR count). The fourth-order valence-corrected chi connectivity index (χ4v) is 2.02. The van der Waals surface area contributed by atoms with Gasteiger partial charge in [-0.2, -0.15) is 0 Å². The van der Waals surface area contributed by atoms with Crippen molar-refractivity contribution in [1.29, 1.82) is 0 Å². The molecule has 0 saturated heterocycles. The van der Waals surface area contributed by atoms with Gasteiger partial charge in [0.15, 0.2) is 0 Å². The summed E-state index contributed by atoms with van der Waals surface area (Å²) >= 11 is 3.39. The van der Waals surface area contributed by atoms with Crippen molar-refractivity contribution in [3.05, 3.63) is 28.2 Å². The van der Waals surface area contributed by atoms with Crippen molar-refractivity contribution < 1.29 is 4.79 Å². The minimum Gasteiger partial charge on any atom is -0.329 e. The van der Waals surface area contributed by atoms with Gasteiger partial charge >= 0.3 is 0 Å². The number of nitrogens with two attached hydrogens (primary N) is 1. The van der Waals surface area contributed by atoms with E-state index in [0.29, 0.717) is 6.54 Å². The fourth-order valence-electron chi connectivity index (χ4n) is 1.66. The number of rotatable bonds is 3. The highest BCUT2D eigenvalue weighted by Gasteiger charge is 2.48. The fraction of sp³-hybridized carbons (Fsp3) is 0.417. The summed E-state index contributed by atoms with van der Waals surface area (Å²) in [6, 6.07) is 5.85. The lowest BCUT2D eigenvalue weighted by atomic mass is 10.1. The van der Waals surface area contributed by atoms with Crippen molar-refractivity contribution in [2.45, 2.75) is 19.8 Å². The van der Waals surface area contributed by atoms with Crippen LogP contribution < -0.4 is 11.1 Å². The summed E-state index contributed by atoms with van der Waals surface area (Å²) in [5.74, 6) is 0.0520. The average Bonchev–Trinajstić information content (AvgIpc) is 3.04. The maximum Gasteiger partial charge on any atom is 0.231 e. The first-order valence-electron chi connectivity index (χ1n) is 5.35. The molecule has 86 valence electrons. The smallest absolute Gasteiger partial charge is 0.231 e. The quantitative estimate of drug-likeness (QED) is 0.895. The Bertz CT molecular complexity index is 427. The maximum atomic E-state index is 12.0. The van der Waals surface area contributed by atoms with Crippen LogP contribution in [0.15, 0.2) is 22.7 Å². The van der Waals surface area contributed by atoms with Gasteiger partial charge in [0, 0.05) is 16.7 Å². The number of carbonyl (C=O) groups is 1. The molecule has 0 unspecified atom stereocenters.